The summed E-state index contributed by atoms with van der Waals surface area (Å²) in [4.78, 5) is 15.8. The van der Waals surface area contributed by atoms with Crippen molar-refractivity contribution in [2.45, 2.75) is 13.0 Å². The molecule has 0 aliphatic carbocycles. The number of hydrogen-bond acceptors (Lipinski definition) is 4. The molecule has 0 saturated heterocycles. The van der Waals surface area contributed by atoms with Crippen molar-refractivity contribution in [2.75, 3.05) is 14.2 Å². The lowest BCUT2D eigenvalue weighted by atomic mass is 10.3. The zero-order valence-corrected chi connectivity index (χ0v) is 9.52. The molecular formula is C11H15NO4. The molecule has 5 nitrogen and oxygen atoms in total. The maximum Gasteiger partial charge on any atom is 0.284 e. The van der Waals surface area contributed by atoms with E-state index in [1.807, 2.05) is 0 Å². The number of hydrogen-bond donors (Lipinski definition) is 1. The maximum absolute atomic E-state index is 11.3. The minimum atomic E-state index is -0.617. The van der Waals surface area contributed by atoms with Gasteiger partial charge in [-0.25, -0.2) is 5.48 Å². The van der Waals surface area contributed by atoms with Gasteiger partial charge in [-0.3, -0.25) is 9.63 Å². The molecule has 1 amide bonds. The van der Waals surface area contributed by atoms with Gasteiger partial charge in [0.2, 0.25) is 0 Å². The van der Waals surface area contributed by atoms with Crippen LogP contribution in [-0.4, -0.2) is 26.2 Å². The minimum Gasteiger partial charge on any atom is -0.497 e. The fourth-order valence-electron chi connectivity index (χ4n) is 1.10. The van der Waals surface area contributed by atoms with Crippen LogP contribution in [-0.2, 0) is 9.63 Å². The van der Waals surface area contributed by atoms with Crippen LogP contribution in [0.3, 0.4) is 0 Å². The summed E-state index contributed by atoms with van der Waals surface area (Å²) in [6.45, 7) is 1.64. The summed E-state index contributed by atoms with van der Waals surface area (Å²) < 4.78 is 10.4. The van der Waals surface area contributed by atoms with Crippen molar-refractivity contribution in [1.82, 2.24) is 5.48 Å². The molecule has 0 radical (unpaired) electrons. The van der Waals surface area contributed by atoms with Crippen LogP contribution in [0.2, 0.25) is 0 Å². The topological polar surface area (TPSA) is 56.8 Å². The van der Waals surface area contributed by atoms with Crippen LogP contribution in [0, 0.1) is 0 Å². The Morgan fingerprint density at radius 1 is 1.19 bits per heavy atom. The Bertz CT molecular complexity index is 336. The van der Waals surface area contributed by atoms with Gasteiger partial charge in [0, 0.05) is 0 Å². The molecule has 0 spiro atoms. The highest BCUT2D eigenvalue weighted by Crippen LogP contribution is 2.18. The van der Waals surface area contributed by atoms with Crippen molar-refractivity contribution in [2.24, 2.45) is 0 Å². The number of methoxy groups -OCH3 is 1. The standard InChI is InChI=1S/C11H15NO4/c1-8(11(13)12-15-3)16-10-6-4-9(14-2)5-7-10/h4-8H,1-3H3,(H,12,13). The van der Waals surface area contributed by atoms with Crippen LogP contribution in [0.1, 0.15) is 6.92 Å². The van der Waals surface area contributed by atoms with E-state index in [-0.39, 0.29) is 5.91 Å². The number of benzene rings is 1. The zero-order chi connectivity index (χ0) is 12.0. The van der Waals surface area contributed by atoms with E-state index < -0.39 is 6.10 Å². The van der Waals surface area contributed by atoms with E-state index in [0.717, 1.165) is 5.75 Å². The van der Waals surface area contributed by atoms with Crippen molar-refractivity contribution in [3.8, 4) is 11.5 Å². The number of amides is 1. The Labute approximate surface area is 94.3 Å². The number of carbonyl (C=O) groups is 1. The Kier molecular flexibility index (Phi) is 4.60. The van der Waals surface area contributed by atoms with E-state index in [9.17, 15) is 4.79 Å². The fourth-order valence-corrected chi connectivity index (χ4v) is 1.10. The minimum absolute atomic E-state index is 0.335. The van der Waals surface area contributed by atoms with Gasteiger partial charge in [-0.05, 0) is 31.2 Å². The van der Waals surface area contributed by atoms with E-state index >= 15 is 0 Å². The summed E-state index contributed by atoms with van der Waals surface area (Å²) in [5.74, 6) is 0.999. The molecule has 0 saturated carbocycles. The molecule has 0 fully saturated rings. The highest BCUT2D eigenvalue weighted by molar-refractivity contribution is 5.79. The van der Waals surface area contributed by atoms with Crippen LogP contribution in [0.25, 0.3) is 0 Å². The lowest BCUT2D eigenvalue weighted by Gasteiger charge is -2.13. The Balaban J connectivity index is 2.55. The normalized spacial score (nSPS) is 11.7. The lowest BCUT2D eigenvalue weighted by Crippen LogP contribution is -2.35. The van der Waals surface area contributed by atoms with Crippen molar-refractivity contribution < 1.29 is 19.1 Å². The first-order valence-electron chi connectivity index (χ1n) is 4.81. The van der Waals surface area contributed by atoms with E-state index in [1.54, 1.807) is 38.3 Å². The third kappa shape index (κ3) is 3.43. The number of rotatable bonds is 5. The number of hydroxylamine groups is 1. The molecular weight excluding hydrogens is 210 g/mol. The monoisotopic (exact) mass is 225 g/mol. The molecule has 1 N–H and O–H groups in total. The van der Waals surface area contributed by atoms with E-state index in [4.69, 9.17) is 9.47 Å². The second-order valence-electron chi connectivity index (χ2n) is 3.11. The second-order valence-corrected chi connectivity index (χ2v) is 3.11. The Hall–Kier alpha value is -1.75. The van der Waals surface area contributed by atoms with Gasteiger partial charge in [-0.2, -0.15) is 0 Å². The Morgan fingerprint density at radius 2 is 1.75 bits per heavy atom. The van der Waals surface area contributed by atoms with Crippen molar-refractivity contribution in [1.29, 1.82) is 0 Å². The molecule has 1 unspecified atom stereocenters. The SMILES string of the molecule is CONC(=O)C(C)Oc1ccc(OC)cc1. The summed E-state index contributed by atoms with van der Waals surface area (Å²) in [6.07, 6.45) is -0.617. The third-order valence-electron chi connectivity index (χ3n) is 1.94. The number of nitrogens with one attached hydrogen (secondary N) is 1. The zero-order valence-electron chi connectivity index (χ0n) is 9.52. The fraction of sp³-hybridized carbons (Fsp3) is 0.364. The summed E-state index contributed by atoms with van der Waals surface area (Å²) >= 11 is 0. The largest absolute Gasteiger partial charge is 0.497 e. The van der Waals surface area contributed by atoms with Crippen LogP contribution in [0.4, 0.5) is 0 Å². The molecule has 0 aliphatic rings. The van der Waals surface area contributed by atoms with Gasteiger partial charge in [-0.15, -0.1) is 0 Å². The van der Waals surface area contributed by atoms with Gasteiger partial charge in [0.05, 0.1) is 14.2 Å². The highest BCUT2D eigenvalue weighted by Gasteiger charge is 2.13. The molecule has 0 aliphatic heterocycles. The van der Waals surface area contributed by atoms with Gasteiger partial charge in [0.15, 0.2) is 6.10 Å². The summed E-state index contributed by atoms with van der Waals surface area (Å²) in [5.41, 5.74) is 2.20. The molecule has 88 valence electrons. The quantitative estimate of drug-likeness (QED) is 0.763. The van der Waals surface area contributed by atoms with Crippen LogP contribution in [0.15, 0.2) is 24.3 Å². The molecule has 1 atom stereocenters. The Morgan fingerprint density at radius 3 is 2.25 bits per heavy atom. The highest BCUT2D eigenvalue weighted by atomic mass is 16.6. The van der Waals surface area contributed by atoms with Gasteiger partial charge < -0.3 is 9.47 Å². The smallest absolute Gasteiger partial charge is 0.284 e. The molecule has 0 bridgehead atoms. The first-order chi connectivity index (χ1) is 7.67. The molecule has 0 aromatic heterocycles. The summed E-state index contributed by atoms with van der Waals surface area (Å²) in [7, 11) is 2.96. The predicted molar refractivity (Wildman–Crippen MR) is 58.2 cm³/mol. The van der Waals surface area contributed by atoms with Gasteiger partial charge in [0.1, 0.15) is 11.5 Å². The first-order valence-corrected chi connectivity index (χ1v) is 4.81. The molecule has 1 aromatic rings. The lowest BCUT2D eigenvalue weighted by molar-refractivity contribution is -0.137. The maximum atomic E-state index is 11.3. The molecule has 1 rings (SSSR count). The molecule has 0 heterocycles. The summed E-state index contributed by atoms with van der Waals surface area (Å²) in [5, 5.41) is 0. The van der Waals surface area contributed by atoms with Crippen molar-refractivity contribution in [3.63, 3.8) is 0 Å². The number of carbonyl (C=O) groups excluding carboxylic acids is 1. The van der Waals surface area contributed by atoms with Gasteiger partial charge >= 0.3 is 0 Å². The van der Waals surface area contributed by atoms with Crippen LogP contribution < -0.4 is 15.0 Å². The second kappa shape index (κ2) is 5.97. The van der Waals surface area contributed by atoms with E-state index in [0.29, 0.717) is 5.75 Å². The average Bonchev–Trinajstić information content (AvgIpc) is 2.30. The first kappa shape index (κ1) is 12.3. The van der Waals surface area contributed by atoms with Gasteiger partial charge in [0.25, 0.3) is 5.91 Å². The summed E-state index contributed by atoms with van der Waals surface area (Å²) in [6, 6.07) is 6.98. The van der Waals surface area contributed by atoms with E-state index in [2.05, 4.69) is 10.3 Å². The third-order valence-corrected chi connectivity index (χ3v) is 1.94. The van der Waals surface area contributed by atoms with Gasteiger partial charge in [-0.1, -0.05) is 0 Å². The number of ether oxygens (including phenoxy) is 2. The molecule has 16 heavy (non-hydrogen) atoms. The average molecular weight is 225 g/mol. The van der Waals surface area contributed by atoms with Crippen molar-refractivity contribution in [3.05, 3.63) is 24.3 Å². The molecule has 5 heteroatoms. The van der Waals surface area contributed by atoms with Crippen molar-refractivity contribution >= 4 is 5.91 Å². The molecule has 1 aromatic carbocycles. The van der Waals surface area contributed by atoms with Crippen LogP contribution >= 0.6 is 0 Å². The van der Waals surface area contributed by atoms with Crippen LogP contribution in [0.5, 0.6) is 11.5 Å². The van der Waals surface area contributed by atoms with E-state index in [1.165, 1.54) is 7.11 Å². The predicted octanol–water partition coefficient (Wildman–Crippen LogP) is 1.14.